The minimum atomic E-state index is -0.568. The van der Waals surface area contributed by atoms with Crippen LogP contribution in [0.3, 0.4) is 0 Å². The molecule has 2 aromatic rings. The monoisotopic (exact) mass is 590 g/mol. The summed E-state index contributed by atoms with van der Waals surface area (Å²) in [5.41, 5.74) is 8.11. The summed E-state index contributed by atoms with van der Waals surface area (Å²) in [5, 5.41) is 6.14. The summed E-state index contributed by atoms with van der Waals surface area (Å²) in [5.74, 6) is 3.11. The summed E-state index contributed by atoms with van der Waals surface area (Å²) in [6, 6.07) is 15.8. The highest BCUT2D eigenvalue weighted by atomic mass is 32.2. The van der Waals surface area contributed by atoms with Crippen molar-refractivity contribution in [1.29, 1.82) is 0 Å². The van der Waals surface area contributed by atoms with Gasteiger partial charge in [-0.2, -0.15) is 0 Å². The van der Waals surface area contributed by atoms with Crippen LogP contribution in [0.4, 0.5) is 0 Å². The Balaban J connectivity index is 1.73. The van der Waals surface area contributed by atoms with Crippen molar-refractivity contribution in [3.63, 3.8) is 0 Å². The number of thioether (sulfide) groups is 2. The fourth-order valence-corrected chi connectivity index (χ4v) is 5.55. The van der Waals surface area contributed by atoms with E-state index in [1.165, 1.54) is 0 Å². The highest BCUT2D eigenvalue weighted by molar-refractivity contribution is 8.00. The van der Waals surface area contributed by atoms with Gasteiger partial charge in [-0.3, -0.25) is 14.5 Å². The summed E-state index contributed by atoms with van der Waals surface area (Å²) >= 11 is 3.21. The number of hydrogen-bond donors (Lipinski definition) is 3. The summed E-state index contributed by atoms with van der Waals surface area (Å²) in [4.78, 5) is 27.9. The summed E-state index contributed by atoms with van der Waals surface area (Å²) < 4.78 is 9.28. The Bertz CT molecular complexity index is 965. The van der Waals surface area contributed by atoms with Gasteiger partial charge in [0.25, 0.3) is 0 Å². The average molecular weight is 591 g/mol. The number of carbonyl (C=O) groups excluding carboxylic acids is 2. The Morgan fingerprint density at radius 2 is 1.10 bits per heavy atom. The Hall–Kier alpha value is -2.40. The molecule has 0 bridgehead atoms. The molecule has 0 aliphatic rings. The number of benzene rings is 2. The van der Waals surface area contributed by atoms with Crippen LogP contribution < -0.4 is 25.8 Å². The predicted octanol–water partition coefficient (Wildman–Crippen LogP) is 3.92. The highest BCUT2D eigenvalue weighted by Crippen LogP contribution is 2.30. The van der Waals surface area contributed by atoms with E-state index in [9.17, 15) is 9.59 Å². The molecular weight excluding hydrogens is 544 g/mol. The van der Waals surface area contributed by atoms with Crippen molar-refractivity contribution in [2.45, 2.75) is 48.7 Å². The molecule has 0 atom stereocenters. The van der Waals surface area contributed by atoms with E-state index in [1.807, 2.05) is 76.2 Å². The topological polar surface area (TPSA) is 106 Å². The van der Waals surface area contributed by atoms with E-state index in [0.717, 1.165) is 34.1 Å². The van der Waals surface area contributed by atoms with Gasteiger partial charge in [0.15, 0.2) is 0 Å². The Labute approximate surface area is 248 Å². The smallest absolute Gasteiger partial charge is 0.235 e. The maximum atomic E-state index is 12.9. The standard InChI is InChI=1S/C30H46N4O4S2/c1-29(2,39-21-23-7-11-25(37-5)12-8-23)27(35)32-16-19-34(18-15-31)20-17-33-28(36)30(3,4)40-22-24-9-13-26(38-6)14-10-24/h7-14H,15-22,31H2,1-6H3,(H,32,35)(H,33,36). The SMILES string of the molecule is COc1ccc(CSC(C)(C)C(=O)NCCN(CCN)CCNC(=O)C(C)(C)SCc2ccc(OC)cc2)cc1. The van der Waals surface area contributed by atoms with Crippen LogP contribution in [0.1, 0.15) is 38.8 Å². The van der Waals surface area contributed by atoms with Crippen molar-refractivity contribution >= 4 is 35.3 Å². The van der Waals surface area contributed by atoms with Crippen molar-refractivity contribution in [3.8, 4) is 11.5 Å². The first-order valence-corrected chi connectivity index (χ1v) is 15.5. The predicted molar refractivity (Wildman–Crippen MR) is 168 cm³/mol. The van der Waals surface area contributed by atoms with Crippen molar-refractivity contribution in [3.05, 3.63) is 59.7 Å². The lowest BCUT2D eigenvalue weighted by atomic mass is 10.2. The summed E-state index contributed by atoms with van der Waals surface area (Å²) in [7, 11) is 3.29. The van der Waals surface area contributed by atoms with Gasteiger partial charge >= 0.3 is 0 Å². The zero-order chi connectivity index (χ0) is 29.6. The molecule has 0 radical (unpaired) electrons. The molecule has 8 nitrogen and oxygen atoms in total. The van der Waals surface area contributed by atoms with Gasteiger partial charge in [-0.05, 0) is 63.1 Å². The van der Waals surface area contributed by atoms with E-state index >= 15 is 0 Å². The van der Waals surface area contributed by atoms with Crippen LogP contribution in [0.2, 0.25) is 0 Å². The Morgan fingerprint density at radius 1 is 0.725 bits per heavy atom. The van der Waals surface area contributed by atoms with Gasteiger partial charge < -0.3 is 25.8 Å². The number of hydrogen-bond acceptors (Lipinski definition) is 8. The largest absolute Gasteiger partial charge is 0.497 e. The van der Waals surface area contributed by atoms with Crippen LogP contribution >= 0.6 is 23.5 Å². The zero-order valence-electron chi connectivity index (χ0n) is 24.7. The van der Waals surface area contributed by atoms with Crippen molar-refractivity contribution in [2.24, 2.45) is 5.73 Å². The molecule has 0 fully saturated rings. The van der Waals surface area contributed by atoms with Crippen LogP contribution in [0.5, 0.6) is 11.5 Å². The molecule has 222 valence electrons. The number of amides is 2. The third-order valence-corrected chi connectivity index (χ3v) is 9.25. The lowest BCUT2D eigenvalue weighted by molar-refractivity contribution is -0.123. The quantitative estimate of drug-likeness (QED) is 0.240. The van der Waals surface area contributed by atoms with Crippen molar-refractivity contribution in [2.75, 3.05) is 53.5 Å². The Kier molecular flexibility index (Phi) is 14.2. The molecule has 0 aliphatic carbocycles. The van der Waals surface area contributed by atoms with E-state index in [2.05, 4.69) is 15.5 Å². The molecule has 2 aromatic carbocycles. The molecule has 0 heterocycles. The first-order valence-electron chi connectivity index (χ1n) is 13.5. The molecule has 0 saturated carbocycles. The van der Waals surface area contributed by atoms with E-state index in [-0.39, 0.29) is 11.8 Å². The highest BCUT2D eigenvalue weighted by Gasteiger charge is 2.29. The number of nitrogens with two attached hydrogens (primary N) is 1. The molecule has 0 spiro atoms. The molecule has 2 amide bonds. The second-order valence-electron chi connectivity index (χ2n) is 10.4. The molecule has 0 saturated heterocycles. The van der Waals surface area contributed by atoms with E-state index in [1.54, 1.807) is 37.7 Å². The van der Waals surface area contributed by atoms with Crippen molar-refractivity contribution in [1.82, 2.24) is 15.5 Å². The fraction of sp³-hybridized carbons (Fsp3) is 0.533. The van der Waals surface area contributed by atoms with Crippen LogP contribution in [0.25, 0.3) is 0 Å². The van der Waals surface area contributed by atoms with E-state index in [0.29, 0.717) is 39.3 Å². The Morgan fingerprint density at radius 3 is 1.43 bits per heavy atom. The second kappa shape index (κ2) is 16.8. The maximum Gasteiger partial charge on any atom is 0.235 e. The van der Waals surface area contributed by atoms with Gasteiger partial charge in [-0.25, -0.2) is 0 Å². The maximum absolute atomic E-state index is 12.9. The van der Waals surface area contributed by atoms with Gasteiger partial charge in [0, 0.05) is 50.8 Å². The lowest BCUT2D eigenvalue weighted by Crippen LogP contribution is -2.46. The molecule has 0 aromatic heterocycles. The minimum absolute atomic E-state index is 0.00245. The molecule has 0 aliphatic heterocycles. The summed E-state index contributed by atoms with van der Waals surface area (Å²) in [6.07, 6.45) is 0. The fourth-order valence-electron chi connectivity index (χ4n) is 3.70. The number of carbonyl (C=O) groups is 2. The number of methoxy groups -OCH3 is 2. The molecular formula is C30H46N4O4S2. The van der Waals surface area contributed by atoms with E-state index in [4.69, 9.17) is 15.2 Å². The van der Waals surface area contributed by atoms with Crippen LogP contribution in [-0.2, 0) is 21.1 Å². The first-order chi connectivity index (χ1) is 19.0. The van der Waals surface area contributed by atoms with Crippen LogP contribution in [-0.4, -0.2) is 79.7 Å². The van der Waals surface area contributed by atoms with Gasteiger partial charge in [0.1, 0.15) is 11.5 Å². The molecule has 40 heavy (non-hydrogen) atoms. The third kappa shape index (κ3) is 11.6. The van der Waals surface area contributed by atoms with Crippen LogP contribution in [0, 0.1) is 0 Å². The summed E-state index contributed by atoms with van der Waals surface area (Å²) in [6.45, 7) is 11.3. The zero-order valence-corrected chi connectivity index (χ0v) is 26.4. The average Bonchev–Trinajstić information content (AvgIpc) is 2.95. The number of rotatable bonds is 18. The number of ether oxygens (including phenoxy) is 2. The van der Waals surface area contributed by atoms with Gasteiger partial charge in [-0.15, -0.1) is 23.5 Å². The van der Waals surface area contributed by atoms with Crippen LogP contribution in [0.15, 0.2) is 48.5 Å². The van der Waals surface area contributed by atoms with Crippen molar-refractivity contribution < 1.29 is 19.1 Å². The molecule has 0 unspecified atom stereocenters. The minimum Gasteiger partial charge on any atom is -0.497 e. The molecule has 2 rings (SSSR count). The number of nitrogens with one attached hydrogen (secondary N) is 2. The third-order valence-electron chi connectivity index (χ3n) is 6.48. The lowest BCUT2D eigenvalue weighted by Gasteiger charge is -2.27. The normalized spacial score (nSPS) is 11.8. The second-order valence-corrected chi connectivity index (χ2v) is 13.6. The van der Waals surface area contributed by atoms with Gasteiger partial charge in [0.05, 0.1) is 23.7 Å². The van der Waals surface area contributed by atoms with E-state index < -0.39 is 9.49 Å². The molecule has 10 heteroatoms. The number of nitrogens with zero attached hydrogens (tertiary/aromatic N) is 1. The van der Waals surface area contributed by atoms with Gasteiger partial charge in [0.2, 0.25) is 11.8 Å². The molecule has 4 N–H and O–H groups in total. The first kappa shape index (κ1) is 33.8. The van der Waals surface area contributed by atoms with Gasteiger partial charge in [-0.1, -0.05) is 24.3 Å².